The number of methoxy groups -OCH3 is 1. The molecule has 0 spiro atoms. The maximum Gasteiger partial charge on any atom is 0.137 e. The monoisotopic (exact) mass is 206 g/mol. The molecule has 2 N–H and O–H groups in total. The third-order valence-electron chi connectivity index (χ3n) is 3.76. The third-order valence-corrected chi connectivity index (χ3v) is 3.76. The standard InChI is InChI=1S/C12H18N2O/c1-11(2)7-12(11,8-13)9-4-10(15-3)6-14-5-9/h4-6H,7-8,13H2,1-3H3. The Hall–Kier alpha value is -1.09. The molecular formula is C12H18N2O. The van der Waals surface area contributed by atoms with Gasteiger partial charge in [-0.1, -0.05) is 13.8 Å². The van der Waals surface area contributed by atoms with Crippen LogP contribution in [0, 0.1) is 5.41 Å². The van der Waals surface area contributed by atoms with Crippen molar-refractivity contribution < 1.29 is 4.74 Å². The van der Waals surface area contributed by atoms with E-state index in [0.717, 1.165) is 12.2 Å². The zero-order valence-corrected chi connectivity index (χ0v) is 9.58. The van der Waals surface area contributed by atoms with Gasteiger partial charge in [0.05, 0.1) is 13.3 Å². The highest BCUT2D eigenvalue weighted by Gasteiger charge is 2.61. The van der Waals surface area contributed by atoms with E-state index in [1.807, 2.05) is 6.20 Å². The second-order valence-electron chi connectivity index (χ2n) is 4.96. The molecule has 15 heavy (non-hydrogen) atoms. The Kier molecular flexibility index (Phi) is 2.23. The summed E-state index contributed by atoms with van der Waals surface area (Å²) in [7, 11) is 1.66. The van der Waals surface area contributed by atoms with Crippen LogP contribution in [0.1, 0.15) is 25.8 Å². The van der Waals surface area contributed by atoms with Gasteiger partial charge < -0.3 is 10.5 Å². The molecule has 1 aliphatic rings. The molecule has 1 saturated carbocycles. The molecule has 1 heterocycles. The highest BCUT2D eigenvalue weighted by atomic mass is 16.5. The van der Waals surface area contributed by atoms with E-state index in [4.69, 9.17) is 10.5 Å². The van der Waals surface area contributed by atoms with E-state index in [9.17, 15) is 0 Å². The Morgan fingerprint density at radius 2 is 2.13 bits per heavy atom. The first-order chi connectivity index (χ1) is 7.05. The molecule has 3 heteroatoms. The normalized spacial score (nSPS) is 27.5. The minimum absolute atomic E-state index is 0.106. The van der Waals surface area contributed by atoms with E-state index in [-0.39, 0.29) is 10.8 Å². The van der Waals surface area contributed by atoms with E-state index in [1.54, 1.807) is 13.3 Å². The van der Waals surface area contributed by atoms with Crippen LogP contribution in [0.5, 0.6) is 5.75 Å². The van der Waals surface area contributed by atoms with E-state index < -0.39 is 0 Å². The van der Waals surface area contributed by atoms with Gasteiger partial charge in [0.2, 0.25) is 0 Å². The lowest BCUT2D eigenvalue weighted by atomic mass is 9.89. The molecule has 0 radical (unpaired) electrons. The average molecular weight is 206 g/mol. The maximum absolute atomic E-state index is 5.90. The first-order valence-corrected chi connectivity index (χ1v) is 5.25. The minimum Gasteiger partial charge on any atom is -0.495 e. The van der Waals surface area contributed by atoms with Crippen molar-refractivity contribution in [1.82, 2.24) is 4.98 Å². The van der Waals surface area contributed by atoms with Gasteiger partial charge in [0.25, 0.3) is 0 Å². The SMILES string of the molecule is COc1cncc(C2(CN)CC2(C)C)c1. The van der Waals surface area contributed by atoms with Crippen molar-refractivity contribution in [2.75, 3.05) is 13.7 Å². The fourth-order valence-electron chi connectivity index (χ4n) is 2.46. The van der Waals surface area contributed by atoms with Crippen molar-refractivity contribution in [1.29, 1.82) is 0 Å². The number of aromatic nitrogens is 1. The van der Waals surface area contributed by atoms with Crippen LogP contribution in [-0.2, 0) is 5.41 Å². The predicted molar refractivity (Wildman–Crippen MR) is 59.9 cm³/mol. The third kappa shape index (κ3) is 1.42. The van der Waals surface area contributed by atoms with Gasteiger partial charge in [0.1, 0.15) is 5.75 Å². The molecule has 3 nitrogen and oxygen atoms in total. The van der Waals surface area contributed by atoms with Gasteiger partial charge in [0, 0.05) is 18.2 Å². The smallest absolute Gasteiger partial charge is 0.137 e. The molecule has 1 atom stereocenters. The Morgan fingerprint density at radius 1 is 1.47 bits per heavy atom. The summed E-state index contributed by atoms with van der Waals surface area (Å²) in [6.45, 7) is 5.17. The fraction of sp³-hybridized carbons (Fsp3) is 0.583. The molecule has 0 saturated heterocycles. The largest absolute Gasteiger partial charge is 0.495 e. The number of nitrogens with zero attached hydrogens (tertiary/aromatic N) is 1. The molecule has 0 aromatic carbocycles. The molecule has 0 amide bonds. The van der Waals surface area contributed by atoms with Crippen molar-refractivity contribution >= 4 is 0 Å². The number of pyridine rings is 1. The van der Waals surface area contributed by atoms with Crippen LogP contribution < -0.4 is 10.5 Å². The van der Waals surface area contributed by atoms with Gasteiger partial charge in [-0.15, -0.1) is 0 Å². The van der Waals surface area contributed by atoms with Gasteiger partial charge in [-0.25, -0.2) is 0 Å². The lowest BCUT2D eigenvalue weighted by Gasteiger charge is -2.18. The summed E-state index contributed by atoms with van der Waals surface area (Å²) < 4.78 is 5.19. The van der Waals surface area contributed by atoms with Crippen LogP contribution in [0.4, 0.5) is 0 Å². The Morgan fingerprint density at radius 3 is 2.60 bits per heavy atom. The molecule has 2 rings (SSSR count). The quantitative estimate of drug-likeness (QED) is 0.819. The highest BCUT2D eigenvalue weighted by Crippen LogP contribution is 2.63. The average Bonchev–Trinajstić information content (AvgIpc) is 2.82. The topological polar surface area (TPSA) is 48.1 Å². The van der Waals surface area contributed by atoms with E-state index in [2.05, 4.69) is 24.9 Å². The van der Waals surface area contributed by atoms with Gasteiger partial charge >= 0.3 is 0 Å². The number of hydrogen-bond acceptors (Lipinski definition) is 3. The highest BCUT2D eigenvalue weighted by molar-refractivity contribution is 5.39. The van der Waals surface area contributed by atoms with Crippen LogP contribution in [0.15, 0.2) is 18.5 Å². The zero-order valence-electron chi connectivity index (χ0n) is 9.58. The van der Waals surface area contributed by atoms with Crippen LogP contribution in [-0.4, -0.2) is 18.6 Å². The lowest BCUT2D eigenvalue weighted by molar-refractivity contribution is 0.410. The summed E-state index contributed by atoms with van der Waals surface area (Å²) in [5.74, 6) is 0.808. The molecule has 1 aromatic heterocycles. The summed E-state index contributed by atoms with van der Waals surface area (Å²) in [5.41, 5.74) is 7.50. The number of nitrogens with two attached hydrogens (primary N) is 1. The maximum atomic E-state index is 5.90. The zero-order chi connectivity index (χ0) is 11.1. The second kappa shape index (κ2) is 3.20. The van der Waals surface area contributed by atoms with Gasteiger partial charge in [-0.3, -0.25) is 4.98 Å². The summed E-state index contributed by atoms with van der Waals surface area (Å²) in [6.07, 6.45) is 4.76. The van der Waals surface area contributed by atoms with E-state index in [1.165, 1.54) is 5.56 Å². The Labute approximate surface area is 90.7 Å². The second-order valence-corrected chi connectivity index (χ2v) is 4.96. The predicted octanol–water partition coefficient (Wildman–Crippen LogP) is 1.72. The van der Waals surface area contributed by atoms with Gasteiger partial charge in [-0.05, 0) is 23.5 Å². The number of ether oxygens (including phenoxy) is 1. The molecule has 0 bridgehead atoms. The van der Waals surface area contributed by atoms with Crippen molar-refractivity contribution in [3.8, 4) is 5.75 Å². The van der Waals surface area contributed by atoms with Gasteiger partial charge in [-0.2, -0.15) is 0 Å². The van der Waals surface area contributed by atoms with Crippen LogP contribution >= 0.6 is 0 Å². The van der Waals surface area contributed by atoms with Crippen LogP contribution in [0.2, 0.25) is 0 Å². The van der Waals surface area contributed by atoms with E-state index in [0.29, 0.717) is 6.54 Å². The van der Waals surface area contributed by atoms with Gasteiger partial charge in [0.15, 0.2) is 0 Å². The van der Waals surface area contributed by atoms with E-state index >= 15 is 0 Å². The van der Waals surface area contributed by atoms with Crippen molar-refractivity contribution in [3.05, 3.63) is 24.0 Å². The number of rotatable bonds is 3. The van der Waals surface area contributed by atoms with Crippen molar-refractivity contribution in [3.63, 3.8) is 0 Å². The molecule has 1 aromatic rings. The van der Waals surface area contributed by atoms with Crippen molar-refractivity contribution in [2.24, 2.45) is 11.1 Å². The van der Waals surface area contributed by atoms with Crippen molar-refractivity contribution in [2.45, 2.75) is 25.7 Å². The molecule has 1 unspecified atom stereocenters. The summed E-state index contributed by atoms with van der Waals surface area (Å²) in [6, 6.07) is 2.05. The summed E-state index contributed by atoms with van der Waals surface area (Å²) in [5, 5.41) is 0. The molecular weight excluding hydrogens is 188 g/mol. The minimum atomic E-state index is 0.106. The Bertz CT molecular complexity index is 376. The molecule has 1 aliphatic carbocycles. The first-order valence-electron chi connectivity index (χ1n) is 5.25. The summed E-state index contributed by atoms with van der Waals surface area (Å²) >= 11 is 0. The summed E-state index contributed by atoms with van der Waals surface area (Å²) in [4.78, 5) is 4.19. The molecule has 0 aliphatic heterocycles. The fourth-order valence-corrected chi connectivity index (χ4v) is 2.46. The van der Waals surface area contributed by atoms with Crippen LogP contribution in [0.25, 0.3) is 0 Å². The number of hydrogen-bond donors (Lipinski definition) is 1. The first kappa shape index (κ1) is 10.4. The Balaban J connectivity index is 2.37. The van der Waals surface area contributed by atoms with Crippen LogP contribution in [0.3, 0.4) is 0 Å². The lowest BCUT2D eigenvalue weighted by Crippen LogP contribution is -2.25. The molecule has 1 fully saturated rings. The molecule has 82 valence electrons.